The molecule has 1 N–H and O–H groups in total. The highest BCUT2D eigenvalue weighted by Gasteiger charge is 2.44. The van der Waals surface area contributed by atoms with Crippen molar-refractivity contribution in [2.45, 2.75) is 30.8 Å². The summed E-state index contributed by atoms with van der Waals surface area (Å²) in [6.45, 7) is 3.10. The van der Waals surface area contributed by atoms with Gasteiger partial charge in [-0.15, -0.1) is 0 Å². The third-order valence-electron chi connectivity index (χ3n) is 6.16. The molecule has 6 heteroatoms. The number of nitrogens with zero attached hydrogens (tertiary/aromatic N) is 2. The zero-order chi connectivity index (χ0) is 20.0. The summed E-state index contributed by atoms with van der Waals surface area (Å²) in [5.74, 6) is -0.0149. The van der Waals surface area contributed by atoms with Crippen LogP contribution in [-0.4, -0.2) is 40.8 Å². The number of aliphatic imine (C=N–C) groups is 1. The topological polar surface area (TPSA) is 53.9 Å². The second-order valence-corrected chi connectivity index (χ2v) is 9.03. The lowest BCUT2D eigenvalue weighted by Crippen LogP contribution is -2.44. The maximum Gasteiger partial charge on any atom is 0.309 e. The van der Waals surface area contributed by atoms with Gasteiger partial charge < -0.3 is 4.74 Å². The van der Waals surface area contributed by atoms with Crippen molar-refractivity contribution in [1.82, 2.24) is 10.4 Å². The van der Waals surface area contributed by atoms with Gasteiger partial charge in [0.15, 0.2) is 0 Å². The van der Waals surface area contributed by atoms with E-state index in [-0.39, 0.29) is 28.8 Å². The number of fused-ring (bicyclic) bond motifs is 2. The zero-order valence-corrected chi connectivity index (χ0v) is 17.9. The van der Waals surface area contributed by atoms with Gasteiger partial charge in [-0.3, -0.25) is 14.8 Å². The van der Waals surface area contributed by atoms with Crippen LogP contribution in [0, 0.1) is 11.8 Å². The van der Waals surface area contributed by atoms with Crippen molar-refractivity contribution in [2.24, 2.45) is 16.8 Å². The predicted molar refractivity (Wildman–Crippen MR) is 119 cm³/mol. The highest BCUT2D eigenvalue weighted by atomic mass is 79.9. The lowest BCUT2D eigenvalue weighted by molar-refractivity contribution is -0.152. The molecule has 150 valence electrons. The molecule has 3 aliphatic rings. The first kappa shape index (κ1) is 18.8. The van der Waals surface area contributed by atoms with Crippen LogP contribution in [0.3, 0.4) is 0 Å². The molecule has 0 radical (unpaired) electrons. The number of esters is 1. The quantitative estimate of drug-likeness (QED) is 0.558. The minimum Gasteiger partial charge on any atom is -0.466 e. The minimum absolute atomic E-state index is 0.0140. The fourth-order valence-corrected chi connectivity index (χ4v) is 4.97. The van der Waals surface area contributed by atoms with E-state index in [0.717, 1.165) is 36.4 Å². The van der Waals surface area contributed by atoms with E-state index < -0.39 is 0 Å². The largest absolute Gasteiger partial charge is 0.466 e. The first-order valence-corrected chi connectivity index (χ1v) is 11.2. The number of hydrazine groups is 1. The molecule has 29 heavy (non-hydrogen) atoms. The van der Waals surface area contributed by atoms with Gasteiger partial charge in [-0.05, 0) is 48.2 Å². The van der Waals surface area contributed by atoms with Gasteiger partial charge in [0.2, 0.25) is 0 Å². The molecule has 5 nitrogen and oxygen atoms in total. The third kappa shape index (κ3) is 3.28. The first-order valence-electron chi connectivity index (χ1n) is 10.3. The third-order valence-corrected chi connectivity index (χ3v) is 6.96. The van der Waals surface area contributed by atoms with Gasteiger partial charge >= 0.3 is 5.97 Å². The molecule has 1 saturated heterocycles. The number of ether oxygens (including phenoxy) is 1. The molecule has 1 aliphatic carbocycles. The molecule has 0 aromatic heterocycles. The number of allylic oxidation sites excluding steroid dienone is 1. The number of carbonyl (C=O) groups is 1. The number of carbonyl (C=O) groups excluding carboxylic acids is 1. The molecule has 0 amide bonds. The summed E-state index contributed by atoms with van der Waals surface area (Å²) in [4.78, 5) is 17.6. The van der Waals surface area contributed by atoms with Gasteiger partial charge in [0.25, 0.3) is 0 Å². The minimum atomic E-state index is -0.0885. The predicted octanol–water partition coefficient (Wildman–Crippen LogP) is 4.13. The van der Waals surface area contributed by atoms with Gasteiger partial charge in [-0.2, -0.15) is 0 Å². The molecule has 2 aliphatic heterocycles. The standard InChI is InChI=1S/C23H24BrN3O2/c1-2-29-23(28)18-10-9-17(18)20-12-21(27-22(26-20)19(24)13-25-27)16-8-7-14-5-3-4-6-15(14)11-16/h3-8,11-12,17-19,22,25H,2,9-10,13H2,1H3. The Morgan fingerprint density at radius 3 is 2.83 bits per heavy atom. The second kappa shape index (κ2) is 7.58. The van der Waals surface area contributed by atoms with Crippen LogP contribution in [0.5, 0.6) is 0 Å². The van der Waals surface area contributed by atoms with Crippen molar-refractivity contribution in [1.29, 1.82) is 0 Å². The number of nitrogens with one attached hydrogen (secondary N) is 1. The molecule has 0 spiro atoms. The highest BCUT2D eigenvalue weighted by molar-refractivity contribution is 9.09. The van der Waals surface area contributed by atoms with E-state index in [1.54, 1.807) is 0 Å². The molecule has 1 saturated carbocycles. The zero-order valence-electron chi connectivity index (χ0n) is 16.3. The van der Waals surface area contributed by atoms with Crippen LogP contribution < -0.4 is 5.43 Å². The summed E-state index contributed by atoms with van der Waals surface area (Å²) in [5.41, 5.74) is 6.76. The molecule has 2 aromatic carbocycles. The summed E-state index contributed by atoms with van der Waals surface area (Å²) in [6.07, 6.45) is 4.01. The smallest absolute Gasteiger partial charge is 0.309 e. The van der Waals surface area contributed by atoms with Gasteiger partial charge in [0.1, 0.15) is 6.17 Å². The monoisotopic (exact) mass is 453 g/mol. The molecule has 2 heterocycles. The van der Waals surface area contributed by atoms with E-state index in [1.165, 1.54) is 10.8 Å². The van der Waals surface area contributed by atoms with Crippen LogP contribution in [0.25, 0.3) is 16.5 Å². The van der Waals surface area contributed by atoms with Crippen LogP contribution in [0.2, 0.25) is 0 Å². The Hall–Kier alpha value is -2.18. The lowest BCUT2D eigenvalue weighted by atomic mass is 9.70. The normalized spacial score (nSPS) is 28.4. The molecule has 0 bridgehead atoms. The van der Waals surface area contributed by atoms with Gasteiger partial charge in [0, 0.05) is 18.2 Å². The SMILES string of the molecule is CCOC(=O)C1CCC1C1=NC2C(Br)CNN2C(c2ccc3ccccc3c2)=C1. The van der Waals surface area contributed by atoms with E-state index in [2.05, 4.69) is 74.9 Å². The molecule has 2 aromatic rings. The summed E-state index contributed by atoms with van der Waals surface area (Å²) in [5, 5.41) is 4.60. The van der Waals surface area contributed by atoms with Crippen molar-refractivity contribution < 1.29 is 9.53 Å². The van der Waals surface area contributed by atoms with E-state index in [0.29, 0.717) is 6.61 Å². The Morgan fingerprint density at radius 2 is 2.07 bits per heavy atom. The molecular weight excluding hydrogens is 430 g/mol. The van der Waals surface area contributed by atoms with Crippen molar-refractivity contribution in [3.8, 4) is 0 Å². The van der Waals surface area contributed by atoms with E-state index in [9.17, 15) is 4.79 Å². The van der Waals surface area contributed by atoms with Crippen molar-refractivity contribution >= 4 is 44.1 Å². The highest BCUT2D eigenvalue weighted by Crippen LogP contribution is 2.41. The average molecular weight is 454 g/mol. The van der Waals surface area contributed by atoms with E-state index >= 15 is 0 Å². The first-order chi connectivity index (χ1) is 14.2. The Balaban J connectivity index is 1.52. The summed E-state index contributed by atoms with van der Waals surface area (Å²) in [6, 6.07) is 15.0. The average Bonchev–Trinajstić information content (AvgIpc) is 3.07. The lowest BCUT2D eigenvalue weighted by Gasteiger charge is -2.39. The van der Waals surface area contributed by atoms with Crippen molar-refractivity contribution in [3.63, 3.8) is 0 Å². The van der Waals surface area contributed by atoms with Crippen molar-refractivity contribution in [2.75, 3.05) is 13.2 Å². The maximum absolute atomic E-state index is 12.3. The number of benzene rings is 2. The van der Waals surface area contributed by atoms with Crippen molar-refractivity contribution in [3.05, 3.63) is 54.1 Å². The van der Waals surface area contributed by atoms with Crippen LogP contribution in [0.4, 0.5) is 0 Å². The Labute approximate surface area is 178 Å². The van der Waals surface area contributed by atoms with Gasteiger partial charge in [-0.1, -0.05) is 52.3 Å². The molecule has 4 unspecified atom stereocenters. The summed E-state index contributed by atoms with van der Waals surface area (Å²) < 4.78 is 5.29. The van der Waals surface area contributed by atoms with Gasteiger partial charge in [-0.25, -0.2) is 5.43 Å². The van der Waals surface area contributed by atoms with Crippen LogP contribution in [-0.2, 0) is 9.53 Å². The Bertz CT molecular complexity index is 1020. The van der Waals surface area contributed by atoms with Crippen LogP contribution >= 0.6 is 15.9 Å². The summed E-state index contributed by atoms with van der Waals surface area (Å²) >= 11 is 3.78. The number of rotatable bonds is 4. The number of hydrogen-bond acceptors (Lipinski definition) is 5. The molecule has 2 fully saturated rings. The number of hydrogen-bond donors (Lipinski definition) is 1. The fourth-order valence-electron chi connectivity index (χ4n) is 4.47. The summed E-state index contributed by atoms with van der Waals surface area (Å²) in [7, 11) is 0. The maximum atomic E-state index is 12.3. The van der Waals surface area contributed by atoms with E-state index in [4.69, 9.17) is 9.73 Å². The van der Waals surface area contributed by atoms with Crippen LogP contribution in [0.1, 0.15) is 25.3 Å². The Kier molecular flexibility index (Phi) is 4.92. The number of alkyl halides is 1. The van der Waals surface area contributed by atoms with E-state index in [1.807, 2.05) is 6.92 Å². The van der Waals surface area contributed by atoms with Crippen LogP contribution in [0.15, 0.2) is 53.5 Å². The second-order valence-electron chi connectivity index (χ2n) is 7.85. The molecule has 4 atom stereocenters. The fraction of sp³-hybridized carbons (Fsp3) is 0.391. The molecule has 5 rings (SSSR count). The molecular formula is C23H24BrN3O2. The van der Waals surface area contributed by atoms with Gasteiger partial charge in [0.05, 0.1) is 23.0 Å². The number of halogens is 1. The Morgan fingerprint density at radius 1 is 1.24 bits per heavy atom.